The first-order chi connectivity index (χ1) is 13.2. The lowest BCUT2D eigenvalue weighted by molar-refractivity contribution is -0.133. The van der Waals surface area contributed by atoms with E-state index in [0.29, 0.717) is 6.54 Å². The number of aromatic nitrogens is 2. The topological polar surface area (TPSA) is 67.2 Å². The van der Waals surface area contributed by atoms with E-state index in [0.717, 1.165) is 44.2 Å². The molecule has 2 aromatic heterocycles. The number of hydrogen-bond acceptors (Lipinski definition) is 4. The molecular weight excluding hydrogens is 360 g/mol. The number of fused-ring (bicyclic) bond motifs is 2. The molecule has 1 N–H and O–H groups in total. The standard InChI is InChI=1S/C20H26N4O2S/c1-2-20(19(26)22-7-3-9-23-10-8-21-14-23)12-16-4-5-17(20)24(16)18(25)15-6-11-27-13-15/h6,8,10-11,13-14,16-17H,2-5,7,9,12H2,1H3,(H,22,26)/t16-,17+,20+/m0/s1. The van der Waals surface area contributed by atoms with Gasteiger partial charge in [0.15, 0.2) is 0 Å². The van der Waals surface area contributed by atoms with Gasteiger partial charge in [0.25, 0.3) is 5.91 Å². The summed E-state index contributed by atoms with van der Waals surface area (Å²) >= 11 is 1.54. The van der Waals surface area contributed by atoms with Crippen LogP contribution < -0.4 is 5.32 Å². The van der Waals surface area contributed by atoms with Crippen LogP contribution in [-0.4, -0.2) is 44.9 Å². The van der Waals surface area contributed by atoms with Gasteiger partial charge in [-0.2, -0.15) is 11.3 Å². The highest BCUT2D eigenvalue weighted by molar-refractivity contribution is 7.08. The number of thiophene rings is 1. The summed E-state index contributed by atoms with van der Waals surface area (Å²) in [6.45, 7) is 3.57. The lowest BCUT2D eigenvalue weighted by atomic mass is 9.71. The van der Waals surface area contributed by atoms with E-state index in [9.17, 15) is 9.59 Å². The number of amides is 2. The molecule has 2 aliphatic heterocycles. The van der Waals surface area contributed by atoms with Gasteiger partial charge in [0, 0.05) is 42.9 Å². The van der Waals surface area contributed by atoms with Crippen LogP contribution in [0.1, 0.15) is 49.4 Å². The van der Waals surface area contributed by atoms with Gasteiger partial charge in [0.2, 0.25) is 5.91 Å². The highest BCUT2D eigenvalue weighted by atomic mass is 32.1. The monoisotopic (exact) mass is 386 g/mol. The Morgan fingerprint density at radius 2 is 2.30 bits per heavy atom. The number of carbonyl (C=O) groups is 2. The number of aryl methyl sites for hydroxylation is 1. The summed E-state index contributed by atoms with van der Waals surface area (Å²) in [5.41, 5.74) is 0.313. The molecule has 0 spiro atoms. The third-order valence-corrected chi connectivity index (χ3v) is 6.95. The van der Waals surface area contributed by atoms with E-state index in [4.69, 9.17) is 0 Å². The average molecular weight is 387 g/mol. The molecule has 6 nitrogen and oxygen atoms in total. The van der Waals surface area contributed by atoms with E-state index in [1.165, 1.54) is 0 Å². The Morgan fingerprint density at radius 3 is 3.00 bits per heavy atom. The molecule has 0 aliphatic carbocycles. The summed E-state index contributed by atoms with van der Waals surface area (Å²) in [5.74, 6) is 0.206. The van der Waals surface area contributed by atoms with Crippen LogP contribution in [0.2, 0.25) is 0 Å². The third kappa shape index (κ3) is 3.18. The van der Waals surface area contributed by atoms with Gasteiger partial charge in [-0.1, -0.05) is 6.92 Å². The van der Waals surface area contributed by atoms with Crippen molar-refractivity contribution >= 4 is 23.2 Å². The summed E-state index contributed by atoms with van der Waals surface area (Å²) in [6.07, 6.45) is 9.85. The second-order valence-electron chi connectivity index (χ2n) is 7.60. The van der Waals surface area contributed by atoms with E-state index >= 15 is 0 Å². The van der Waals surface area contributed by atoms with Crippen LogP contribution in [0.4, 0.5) is 0 Å². The molecule has 2 aliphatic rings. The van der Waals surface area contributed by atoms with Gasteiger partial charge < -0.3 is 14.8 Å². The normalized spacial score (nSPS) is 26.5. The quantitative estimate of drug-likeness (QED) is 0.744. The van der Waals surface area contributed by atoms with Crippen molar-refractivity contribution in [3.05, 3.63) is 41.1 Å². The summed E-state index contributed by atoms with van der Waals surface area (Å²) in [6, 6.07) is 2.10. The van der Waals surface area contributed by atoms with Crippen molar-refractivity contribution in [2.45, 2.75) is 57.7 Å². The molecule has 3 atom stereocenters. The highest BCUT2D eigenvalue weighted by Gasteiger charge is 2.60. The molecule has 7 heteroatoms. The van der Waals surface area contributed by atoms with E-state index < -0.39 is 5.41 Å². The summed E-state index contributed by atoms with van der Waals surface area (Å²) in [7, 11) is 0. The van der Waals surface area contributed by atoms with Gasteiger partial charge in [0.1, 0.15) is 0 Å². The SMILES string of the molecule is CC[C@@]1(C(=O)NCCCn2ccnc2)C[C@@H]2CC[C@H]1N2C(=O)c1ccsc1. The molecule has 4 rings (SSSR count). The van der Waals surface area contributed by atoms with Crippen LogP contribution in [0.5, 0.6) is 0 Å². The lowest BCUT2D eigenvalue weighted by Crippen LogP contribution is -2.49. The lowest BCUT2D eigenvalue weighted by Gasteiger charge is -2.35. The van der Waals surface area contributed by atoms with Crippen molar-refractivity contribution in [1.82, 2.24) is 19.8 Å². The minimum absolute atomic E-state index is 0.0218. The molecule has 0 radical (unpaired) electrons. The number of carbonyl (C=O) groups excluding carboxylic acids is 2. The summed E-state index contributed by atoms with van der Waals surface area (Å²) in [4.78, 5) is 32.2. The van der Waals surface area contributed by atoms with Gasteiger partial charge in [0.05, 0.1) is 17.3 Å². The smallest absolute Gasteiger partial charge is 0.255 e. The second-order valence-corrected chi connectivity index (χ2v) is 8.38. The van der Waals surface area contributed by atoms with E-state index in [-0.39, 0.29) is 23.9 Å². The van der Waals surface area contributed by atoms with E-state index in [1.54, 1.807) is 23.9 Å². The van der Waals surface area contributed by atoms with Crippen LogP contribution in [0.3, 0.4) is 0 Å². The van der Waals surface area contributed by atoms with Gasteiger partial charge in [-0.05, 0) is 43.6 Å². The Bertz CT molecular complexity index is 789. The highest BCUT2D eigenvalue weighted by Crippen LogP contribution is 2.52. The molecule has 144 valence electrons. The third-order valence-electron chi connectivity index (χ3n) is 6.26. The fraction of sp³-hybridized carbons (Fsp3) is 0.550. The maximum atomic E-state index is 13.1. The Hall–Kier alpha value is -2.15. The number of rotatable bonds is 7. The minimum atomic E-state index is -0.441. The molecule has 2 aromatic rings. The van der Waals surface area contributed by atoms with Crippen LogP contribution in [0.15, 0.2) is 35.5 Å². The van der Waals surface area contributed by atoms with E-state index in [2.05, 4.69) is 17.2 Å². The molecule has 4 heterocycles. The van der Waals surface area contributed by atoms with Crippen LogP contribution in [0.25, 0.3) is 0 Å². The maximum absolute atomic E-state index is 13.1. The largest absolute Gasteiger partial charge is 0.355 e. The number of hydrogen-bond donors (Lipinski definition) is 1. The first-order valence-corrected chi connectivity index (χ1v) is 10.7. The van der Waals surface area contributed by atoms with Gasteiger partial charge in [-0.15, -0.1) is 0 Å². The Kier molecular flexibility index (Phi) is 5.04. The first kappa shape index (κ1) is 18.2. The van der Waals surface area contributed by atoms with Gasteiger partial charge in [-0.3, -0.25) is 9.59 Å². The molecule has 2 saturated heterocycles. The van der Waals surface area contributed by atoms with Crippen LogP contribution in [-0.2, 0) is 11.3 Å². The fourth-order valence-electron chi connectivity index (χ4n) is 4.87. The Balaban J connectivity index is 1.41. The zero-order valence-electron chi connectivity index (χ0n) is 15.6. The van der Waals surface area contributed by atoms with Gasteiger partial charge in [-0.25, -0.2) is 4.98 Å². The maximum Gasteiger partial charge on any atom is 0.255 e. The molecule has 2 amide bonds. The summed E-state index contributed by atoms with van der Waals surface area (Å²) < 4.78 is 2.01. The molecular formula is C20H26N4O2S. The fourth-order valence-corrected chi connectivity index (χ4v) is 5.50. The molecule has 27 heavy (non-hydrogen) atoms. The van der Waals surface area contributed by atoms with Crippen molar-refractivity contribution < 1.29 is 9.59 Å². The van der Waals surface area contributed by atoms with Crippen molar-refractivity contribution in [1.29, 1.82) is 0 Å². The second kappa shape index (κ2) is 7.46. The Morgan fingerprint density at radius 1 is 1.41 bits per heavy atom. The van der Waals surface area contributed by atoms with Gasteiger partial charge >= 0.3 is 0 Å². The van der Waals surface area contributed by atoms with E-state index in [1.807, 2.05) is 32.5 Å². The molecule has 2 fully saturated rings. The predicted molar refractivity (Wildman–Crippen MR) is 104 cm³/mol. The van der Waals surface area contributed by atoms with Crippen molar-refractivity contribution in [3.63, 3.8) is 0 Å². The molecule has 2 bridgehead atoms. The number of imidazole rings is 1. The number of nitrogens with zero attached hydrogens (tertiary/aromatic N) is 3. The molecule has 0 unspecified atom stereocenters. The molecule has 0 saturated carbocycles. The van der Waals surface area contributed by atoms with Crippen molar-refractivity contribution in [3.8, 4) is 0 Å². The predicted octanol–water partition coefficient (Wildman–Crippen LogP) is 2.92. The average Bonchev–Trinajstić information content (AvgIpc) is 3.48. The van der Waals surface area contributed by atoms with Crippen LogP contribution >= 0.6 is 11.3 Å². The van der Waals surface area contributed by atoms with Crippen molar-refractivity contribution in [2.24, 2.45) is 5.41 Å². The minimum Gasteiger partial charge on any atom is -0.355 e. The zero-order chi connectivity index (χ0) is 18.9. The van der Waals surface area contributed by atoms with Crippen molar-refractivity contribution in [2.75, 3.05) is 6.54 Å². The summed E-state index contributed by atoms with van der Waals surface area (Å²) in [5, 5.41) is 6.99. The number of nitrogens with one attached hydrogen (secondary N) is 1. The molecule has 0 aromatic carbocycles. The first-order valence-electron chi connectivity index (χ1n) is 9.74. The van der Waals surface area contributed by atoms with Crippen LogP contribution in [0, 0.1) is 5.41 Å². The Labute approximate surface area is 163 Å². The zero-order valence-corrected chi connectivity index (χ0v) is 16.5.